The Morgan fingerprint density at radius 3 is 2.89 bits per heavy atom. The van der Waals surface area contributed by atoms with E-state index < -0.39 is 10.6 Å². The standard InChI is InChI=1S/C12H12N4O3/c1-2-8-4-3-5-9(6-8)19-12-10(16(17)18)11(13)14-7-15-12/h3-7H,2H2,1H3,(H2,13,14,15). The first kappa shape index (κ1) is 12.7. The van der Waals surface area contributed by atoms with Crippen LogP contribution < -0.4 is 10.5 Å². The summed E-state index contributed by atoms with van der Waals surface area (Å²) in [4.78, 5) is 17.6. The van der Waals surface area contributed by atoms with E-state index in [0.717, 1.165) is 18.3 Å². The Morgan fingerprint density at radius 1 is 1.42 bits per heavy atom. The molecule has 19 heavy (non-hydrogen) atoms. The van der Waals surface area contributed by atoms with Crippen LogP contribution in [0.15, 0.2) is 30.6 Å². The van der Waals surface area contributed by atoms with Gasteiger partial charge in [-0.1, -0.05) is 19.1 Å². The number of hydrogen-bond donors (Lipinski definition) is 1. The lowest BCUT2D eigenvalue weighted by Gasteiger charge is -2.06. The third kappa shape index (κ3) is 2.76. The first-order chi connectivity index (χ1) is 9.11. The van der Waals surface area contributed by atoms with Crippen LogP contribution in [0.4, 0.5) is 11.5 Å². The van der Waals surface area contributed by atoms with Crippen LogP contribution in [0, 0.1) is 10.1 Å². The highest BCUT2D eigenvalue weighted by atomic mass is 16.6. The minimum atomic E-state index is -0.658. The molecule has 98 valence electrons. The van der Waals surface area contributed by atoms with Gasteiger partial charge in [0, 0.05) is 0 Å². The van der Waals surface area contributed by atoms with Gasteiger partial charge in [-0.3, -0.25) is 10.1 Å². The molecule has 0 saturated carbocycles. The summed E-state index contributed by atoms with van der Waals surface area (Å²) in [6.07, 6.45) is 1.96. The summed E-state index contributed by atoms with van der Waals surface area (Å²) >= 11 is 0. The predicted molar refractivity (Wildman–Crippen MR) is 69.0 cm³/mol. The number of aryl methyl sites for hydroxylation is 1. The van der Waals surface area contributed by atoms with E-state index >= 15 is 0 Å². The van der Waals surface area contributed by atoms with Gasteiger partial charge in [-0.05, 0) is 24.1 Å². The number of nitrogens with two attached hydrogens (primary N) is 1. The summed E-state index contributed by atoms with van der Waals surface area (Å²) < 4.78 is 5.42. The van der Waals surface area contributed by atoms with Crippen molar-refractivity contribution < 1.29 is 9.66 Å². The highest BCUT2D eigenvalue weighted by Crippen LogP contribution is 2.32. The third-order valence-corrected chi connectivity index (χ3v) is 2.52. The van der Waals surface area contributed by atoms with Crippen molar-refractivity contribution in [1.29, 1.82) is 0 Å². The second kappa shape index (κ2) is 5.30. The Hall–Kier alpha value is -2.70. The van der Waals surface area contributed by atoms with Gasteiger partial charge >= 0.3 is 11.6 Å². The normalized spacial score (nSPS) is 10.2. The Balaban J connectivity index is 2.38. The molecule has 0 fully saturated rings. The lowest BCUT2D eigenvalue weighted by atomic mass is 10.2. The molecule has 0 amide bonds. The number of nitro groups is 1. The van der Waals surface area contributed by atoms with Gasteiger partial charge in [0.1, 0.15) is 12.1 Å². The lowest BCUT2D eigenvalue weighted by molar-refractivity contribution is -0.385. The van der Waals surface area contributed by atoms with Crippen LogP contribution in [-0.2, 0) is 6.42 Å². The van der Waals surface area contributed by atoms with E-state index in [0.29, 0.717) is 5.75 Å². The fourth-order valence-corrected chi connectivity index (χ4v) is 1.56. The molecule has 7 heteroatoms. The molecule has 2 N–H and O–H groups in total. The summed E-state index contributed by atoms with van der Waals surface area (Å²) in [5.41, 5.74) is 6.09. The van der Waals surface area contributed by atoms with Gasteiger partial charge in [-0.25, -0.2) is 4.98 Å². The van der Waals surface area contributed by atoms with E-state index in [1.165, 1.54) is 0 Å². The van der Waals surface area contributed by atoms with Crippen molar-refractivity contribution in [2.75, 3.05) is 5.73 Å². The molecular formula is C12H12N4O3. The van der Waals surface area contributed by atoms with Crippen molar-refractivity contribution >= 4 is 11.5 Å². The number of benzene rings is 1. The molecule has 0 unspecified atom stereocenters. The average molecular weight is 260 g/mol. The van der Waals surface area contributed by atoms with Gasteiger partial charge in [-0.2, -0.15) is 4.98 Å². The van der Waals surface area contributed by atoms with Crippen LogP contribution in [0.5, 0.6) is 11.6 Å². The van der Waals surface area contributed by atoms with E-state index in [-0.39, 0.29) is 11.7 Å². The molecule has 1 heterocycles. The molecule has 0 aliphatic carbocycles. The van der Waals surface area contributed by atoms with Crippen LogP contribution in [0.1, 0.15) is 12.5 Å². The monoisotopic (exact) mass is 260 g/mol. The highest BCUT2D eigenvalue weighted by Gasteiger charge is 2.22. The van der Waals surface area contributed by atoms with Crippen LogP contribution in [0.2, 0.25) is 0 Å². The molecule has 0 aliphatic rings. The van der Waals surface area contributed by atoms with Crippen LogP contribution in [0.3, 0.4) is 0 Å². The van der Waals surface area contributed by atoms with Crippen molar-refractivity contribution in [2.24, 2.45) is 0 Å². The van der Waals surface area contributed by atoms with E-state index in [9.17, 15) is 10.1 Å². The summed E-state index contributed by atoms with van der Waals surface area (Å²) in [7, 11) is 0. The lowest BCUT2D eigenvalue weighted by Crippen LogP contribution is -2.02. The second-order valence-electron chi connectivity index (χ2n) is 3.77. The molecule has 0 atom stereocenters. The quantitative estimate of drug-likeness (QED) is 0.668. The van der Waals surface area contributed by atoms with Crippen molar-refractivity contribution in [3.8, 4) is 11.6 Å². The first-order valence-corrected chi connectivity index (χ1v) is 5.63. The summed E-state index contributed by atoms with van der Waals surface area (Å²) in [6.45, 7) is 2.00. The van der Waals surface area contributed by atoms with Gasteiger partial charge < -0.3 is 10.5 Å². The number of hydrogen-bond acceptors (Lipinski definition) is 6. The van der Waals surface area contributed by atoms with Gasteiger partial charge in [0.15, 0.2) is 0 Å². The summed E-state index contributed by atoms with van der Waals surface area (Å²) in [6, 6.07) is 7.24. The van der Waals surface area contributed by atoms with Crippen molar-refractivity contribution in [2.45, 2.75) is 13.3 Å². The number of ether oxygens (including phenoxy) is 1. The largest absolute Gasteiger partial charge is 0.434 e. The van der Waals surface area contributed by atoms with Gasteiger partial charge in [-0.15, -0.1) is 0 Å². The van der Waals surface area contributed by atoms with Crippen molar-refractivity contribution in [3.63, 3.8) is 0 Å². The smallest absolute Gasteiger partial charge is 0.372 e. The number of anilines is 1. The van der Waals surface area contributed by atoms with E-state index in [1.54, 1.807) is 12.1 Å². The first-order valence-electron chi connectivity index (χ1n) is 5.63. The molecule has 0 spiro atoms. The molecule has 0 radical (unpaired) electrons. The zero-order valence-electron chi connectivity index (χ0n) is 10.2. The minimum Gasteiger partial charge on any atom is -0.434 e. The summed E-state index contributed by atoms with van der Waals surface area (Å²) in [5, 5.41) is 10.9. The SMILES string of the molecule is CCc1cccc(Oc2ncnc(N)c2[N+](=O)[O-])c1. The molecular weight excluding hydrogens is 248 g/mol. The molecule has 7 nitrogen and oxygen atoms in total. The molecule has 0 saturated heterocycles. The van der Waals surface area contributed by atoms with E-state index in [4.69, 9.17) is 10.5 Å². The van der Waals surface area contributed by atoms with Crippen molar-refractivity contribution in [1.82, 2.24) is 9.97 Å². The number of aromatic nitrogens is 2. The topological polar surface area (TPSA) is 104 Å². The molecule has 2 aromatic rings. The molecule has 2 rings (SSSR count). The maximum Gasteiger partial charge on any atom is 0.372 e. The Kier molecular flexibility index (Phi) is 3.56. The molecule has 1 aromatic heterocycles. The van der Waals surface area contributed by atoms with E-state index in [2.05, 4.69) is 9.97 Å². The maximum atomic E-state index is 10.9. The Morgan fingerprint density at radius 2 is 2.21 bits per heavy atom. The summed E-state index contributed by atoms with van der Waals surface area (Å²) in [5.74, 6) is 0.0907. The Bertz CT molecular complexity index is 616. The maximum absolute atomic E-state index is 10.9. The van der Waals surface area contributed by atoms with Crippen LogP contribution >= 0.6 is 0 Å². The predicted octanol–water partition coefficient (Wildman–Crippen LogP) is 2.32. The zero-order chi connectivity index (χ0) is 13.8. The Labute approximate surface area is 109 Å². The molecule has 1 aromatic carbocycles. The van der Waals surface area contributed by atoms with Gasteiger partial charge in [0.25, 0.3) is 0 Å². The van der Waals surface area contributed by atoms with Gasteiger partial charge in [0.05, 0.1) is 4.92 Å². The molecule has 0 bridgehead atoms. The third-order valence-electron chi connectivity index (χ3n) is 2.52. The fraction of sp³-hybridized carbons (Fsp3) is 0.167. The second-order valence-corrected chi connectivity index (χ2v) is 3.77. The average Bonchev–Trinajstić information content (AvgIpc) is 2.38. The van der Waals surface area contributed by atoms with Gasteiger partial charge in [0.2, 0.25) is 5.82 Å². The molecule has 0 aliphatic heterocycles. The van der Waals surface area contributed by atoms with Crippen molar-refractivity contribution in [3.05, 3.63) is 46.3 Å². The van der Waals surface area contributed by atoms with E-state index in [1.807, 2.05) is 19.1 Å². The minimum absolute atomic E-state index is 0.161. The number of nitrogens with zero attached hydrogens (tertiary/aromatic N) is 3. The van der Waals surface area contributed by atoms with Crippen LogP contribution in [-0.4, -0.2) is 14.9 Å². The number of rotatable bonds is 4. The van der Waals surface area contributed by atoms with Crippen LogP contribution in [0.25, 0.3) is 0 Å². The highest BCUT2D eigenvalue weighted by molar-refractivity contribution is 5.58. The fourth-order valence-electron chi connectivity index (χ4n) is 1.56. The zero-order valence-corrected chi connectivity index (χ0v) is 10.2. The number of nitrogen functional groups attached to an aromatic ring is 1.